The molecule has 1 saturated heterocycles. The van der Waals surface area contributed by atoms with Crippen LogP contribution in [-0.4, -0.2) is 35.3 Å². The molecule has 1 aromatic rings. The van der Waals surface area contributed by atoms with Gasteiger partial charge in [0.25, 0.3) is 5.91 Å². The topological polar surface area (TPSA) is 78.5 Å². The Morgan fingerprint density at radius 2 is 1.87 bits per heavy atom. The Balaban J connectivity index is 1.99. The van der Waals surface area contributed by atoms with E-state index >= 15 is 0 Å². The Morgan fingerprint density at radius 3 is 2.43 bits per heavy atom. The first-order valence-corrected chi connectivity index (χ1v) is 7.89. The number of nitrogens with zero attached hydrogens (tertiary/aromatic N) is 1. The molecule has 4 amide bonds. The van der Waals surface area contributed by atoms with Crippen LogP contribution in [0.3, 0.4) is 0 Å². The molecule has 1 aliphatic heterocycles. The van der Waals surface area contributed by atoms with Gasteiger partial charge in [0, 0.05) is 15.7 Å². The van der Waals surface area contributed by atoms with Gasteiger partial charge in [-0.05, 0) is 30.5 Å². The van der Waals surface area contributed by atoms with Gasteiger partial charge in [-0.2, -0.15) is 0 Å². The van der Waals surface area contributed by atoms with Crippen molar-refractivity contribution in [3.8, 4) is 0 Å². The van der Waals surface area contributed by atoms with Gasteiger partial charge in [-0.25, -0.2) is 4.79 Å². The fraction of sp³-hybridized carbons (Fsp3) is 0.400. The number of imide groups is 1. The van der Waals surface area contributed by atoms with Gasteiger partial charge < -0.3 is 10.6 Å². The van der Waals surface area contributed by atoms with Crippen LogP contribution in [0, 0.1) is 5.92 Å². The number of urea groups is 1. The van der Waals surface area contributed by atoms with Crippen LogP contribution in [0.5, 0.6) is 0 Å². The Morgan fingerprint density at radius 1 is 1.26 bits per heavy atom. The van der Waals surface area contributed by atoms with Crippen LogP contribution in [0.15, 0.2) is 18.2 Å². The molecule has 1 fully saturated rings. The molecule has 0 aromatic heterocycles. The number of hydrogen-bond acceptors (Lipinski definition) is 3. The van der Waals surface area contributed by atoms with Crippen LogP contribution in [-0.2, 0) is 9.59 Å². The summed E-state index contributed by atoms with van der Waals surface area (Å²) < 4.78 is 0. The van der Waals surface area contributed by atoms with Crippen molar-refractivity contribution < 1.29 is 14.4 Å². The van der Waals surface area contributed by atoms with E-state index in [0.29, 0.717) is 22.2 Å². The number of carbonyl (C=O) groups is 3. The molecule has 0 bridgehead atoms. The third kappa shape index (κ3) is 4.59. The first-order chi connectivity index (χ1) is 10.8. The van der Waals surface area contributed by atoms with Gasteiger partial charge in [-0.1, -0.05) is 37.0 Å². The predicted molar refractivity (Wildman–Crippen MR) is 88.6 cm³/mol. The normalized spacial score (nSPS) is 17.6. The highest BCUT2D eigenvalue weighted by atomic mass is 35.5. The third-order valence-electron chi connectivity index (χ3n) is 3.26. The van der Waals surface area contributed by atoms with Gasteiger partial charge in [-0.15, -0.1) is 0 Å². The van der Waals surface area contributed by atoms with E-state index in [-0.39, 0.29) is 18.4 Å². The first-order valence-electron chi connectivity index (χ1n) is 7.14. The average Bonchev–Trinajstić information content (AvgIpc) is 2.64. The lowest BCUT2D eigenvalue weighted by Gasteiger charge is -2.14. The quantitative estimate of drug-likeness (QED) is 0.795. The number of benzene rings is 1. The number of amides is 4. The van der Waals surface area contributed by atoms with Crippen LogP contribution < -0.4 is 10.6 Å². The van der Waals surface area contributed by atoms with E-state index in [0.717, 1.165) is 4.90 Å². The summed E-state index contributed by atoms with van der Waals surface area (Å²) in [5, 5.41) is 5.90. The Kier molecular flexibility index (Phi) is 5.49. The van der Waals surface area contributed by atoms with Gasteiger partial charge in [-0.3, -0.25) is 14.5 Å². The lowest BCUT2D eigenvalue weighted by molar-refractivity contribution is -0.131. The van der Waals surface area contributed by atoms with Gasteiger partial charge in [0.2, 0.25) is 5.91 Å². The van der Waals surface area contributed by atoms with E-state index in [9.17, 15) is 14.4 Å². The molecular formula is C15H17Cl2N3O3. The summed E-state index contributed by atoms with van der Waals surface area (Å²) in [6.07, 6.45) is 0.534. The number of anilines is 1. The van der Waals surface area contributed by atoms with Crippen molar-refractivity contribution in [2.45, 2.75) is 26.3 Å². The molecule has 6 nitrogen and oxygen atoms in total. The maximum Gasteiger partial charge on any atom is 0.325 e. The summed E-state index contributed by atoms with van der Waals surface area (Å²) in [6.45, 7) is 3.55. The highest BCUT2D eigenvalue weighted by Crippen LogP contribution is 2.22. The van der Waals surface area contributed by atoms with Gasteiger partial charge >= 0.3 is 6.03 Å². The SMILES string of the molecule is CC(C)C[C@H]1NC(=O)N(CC(=O)Nc2cc(Cl)cc(Cl)c2)C1=O. The van der Waals surface area contributed by atoms with Gasteiger partial charge in [0.1, 0.15) is 12.6 Å². The maximum absolute atomic E-state index is 12.2. The largest absolute Gasteiger partial charge is 0.326 e. The maximum atomic E-state index is 12.2. The molecule has 1 aromatic carbocycles. The minimum atomic E-state index is -0.573. The second kappa shape index (κ2) is 7.19. The molecule has 124 valence electrons. The number of hydrogen-bond donors (Lipinski definition) is 2. The first kappa shape index (κ1) is 17.6. The van der Waals surface area contributed by atoms with Crippen molar-refractivity contribution in [3.05, 3.63) is 28.2 Å². The van der Waals surface area contributed by atoms with Crippen LogP contribution in [0.2, 0.25) is 10.0 Å². The zero-order chi connectivity index (χ0) is 17.1. The minimum absolute atomic E-state index is 0.256. The number of nitrogens with one attached hydrogen (secondary N) is 2. The molecule has 8 heteroatoms. The van der Waals surface area contributed by atoms with E-state index in [2.05, 4.69) is 10.6 Å². The molecule has 2 N–H and O–H groups in total. The fourth-order valence-corrected chi connectivity index (χ4v) is 2.85. The van der Waals surface area contributed by atoms with Crippen molar-refractivity contribution in [1.82, 2.24) is 10.2 Å². The second-order valence-electron chi connectivity index (χ2n) is 5.76. The summed E-state index contributed by atoms with van der Waals surface area (Å²) in [5.74, 6) is -0.633. The Labute approximate surface area is 144 Å². The summed E-state index contributed by atoms with van der Waals surface area (Å²) in [7, 11) is 0. The number of rotatable bonds is 5. The average molecular weight is 358 g/mol. The monoisotopic (exact) mass is 357 g/mol. The van der Waals surface area contributed by atoms with Crippen molar-refractivity contribution in [3.63, 3.8) is 0 Å². The molecule has 0 radical (unpaired) electrons. The highest BCUT2D eigenvalue weighted by Gasteiger charge is 2.38. The predicted octanol–water partition coefficient (Wildman–Crippen LogP) is 2.90. The van der Waals surface area contributed by atoms with E-state index in [1.54, 1.807) is 0 Å². The zero-order valence-electron chi connectivity index (χ0n) is 12.7. The smallest absolute Gasteiger partial charge is 0.325 e. The van der Waals surface area contributed by atoms with Crippen LogP contribution in [0.4, 0.5) is 10.5 Å². The lowest BCUT2D eigenvalue weighted by atomic mass is 10.0. The van der Waals surface area contributed by atoms with E-state index < -0.39 is 18.0 Å². The molecule has 1 aliphatic rings. The molecular weight excluding hydrogens is 341 g/mol. The van der Waals surface area contributed by atoms with E-state index in [4.69, 9.17) is 23.2 Å². The fourth-order valence-electron chi connectivity index (χ4n) is 2.33. The van der Waals surface area contributed by atoms with Gasteiger partial charge in [0.15, 0.2) is 0 Å². The minimum Gasteiger partial charge on any atom is -0.326 e. The molecule has 0 saturated carbocycles. The van der Waals surface area contributed by atoms with E-state index in [1.807, 2.05) is 13.8 Å². The molecule has 0 aliphatic carbocycles. The van der Waals surface area contributed by atoms with Crippen LogP contribution in [0.25, 0.3) is 0 Å². The number of carbonyl (C=O) groups excluding carboxylic acids is 3. The van der Waals surface area contributed by atoms with Crippen molar-refractivity contribution in [1.29, 1.82) is 0 Å². The zero-order valence-corrected chi connectivity index (χ0v) is 14.2. The molecule has 1 heterocycles. The number of halogens is 2. The highest BCUT2D eigenvalue weighted by molar-refractivity contribution is 6.35. The molecule has 2 rings (SSSR count). The van der Waals surface area contributed by atoms with E-state index in [1.165, 1.54) is 18.2 Å². The van der Waals surface area contributed by atoms with Crippen molar-refractivity contribution in [2.24, 2.45) is 5.92 Å². The van der Waals surface area contributed by atoms with Crippen LogP contribution in [0.1, 0.15) is 20.3 Å². The second-order valence-corrected chi connectivity index (χ2v) is 6.64. The lowest BCUT2D eigenvalue weighted by Crippen LogP contribution is -2.38. The molecule has 0 spiro atoms. The molecule has 1 atom stereocenters. The van der Waals surface area contributed by atoms with Crippen molar-refractivity contribution in [2.75, 3.05) is 11.9 Å². The molecule has 0 unspecified atom stereocenters. The summed E-state index contributed by atoms with van der Waals surface area (Å²) >= 11 is 11.7. The standard InChI is InChI=1S/C15H17Cl2N3O3/c1-8(2)3-12-14(22)20(15(23)19-12)7-13(21)18-11-5-9(16)4-10(17)6-11/h4-6,8,12H,3,7H2,1-2H3,(H,18,21)(H,19,23)/t12-/m1/s1. The third-order valence-corrected chi connectivity index (χ3v) is 3.70. The summed E-state index contributed by atoms with van der Waals surface area (Å²) in [6, 6.07) is 3.46. The Bertz CT molecular complexity index is 629. The van der Waals surface area contributed by atoms with Gasteiger partial charge in [0.05, 0.1) is 0 Å². The summed E-state index contributed by atoms with van der Waals surface area (Å²) in [4.78, 5) is 37.0. The van der Waals surface area contributed by atoms with Crippen LogP contribution >= 0.6 is 23.2 Å². The molecule has 23 heavy (non-hydrogen) atoms. The summed E-state index contributed by atoms with van der Waals surface area (Å²) in [5.41, 5.74) is 0.401. The Hall–Kier alpha value is -1.79. The van der Waals surface area contributed by atoms with Crippen molar-refractivity contribution >= 4 is 46.7 Å².